The van der Waals surface area contributed by atoms with Crippen LogP contribution in [0.25, 0.3) is 22.6 Å². The first-order valence-corrected chi connectivity index (χ1v) is 11.7. The average Bonchev–Trinajstić information content (AvgIpc) is 3.11. The van der Waals surface area contributed by atoms with Gasteiger partial charge in [-0.3, -0.25) is 4.79 Å². The van der Waals surface area contributed by atoms with Crippen molar-refractivity contribution in [1.82, 2.24) is 29.7 Å². The number of carbonyl (C=O) groups is 1. The predicted molar refractivity (Wildman–Crippen MR) is 130 cm³/mol. The van der Waals surface area contributed by atoms with Crippen LogP contribution in [-0.4, -0.2) is 81.3 Å². The van der Waals surface area contributed by atoms with Crippen LogP contribution < -0.4 is 10.2 Å². The number of aryl methyl sites for hydroxylation is 1. The molecule has 2 saturated heterocycles. The summed E-state index contributed by atoms with van der Waals surface area (Å²) in [6.07, 6.45) is 0. The van der Waals surface area contributed by atoms with Crippen LogP contribution in [0.3, 0.4) is 0 Å². The van der Waals surface area contributed by atoms with Gasteiger partial charge < -0.3 is 24.8 Å². The van der Waals surface area contributed by atoms with E-state index in [0.717, 1.165) is 86.9 Å². The van der Waals surface area contributed by atoms with Crippen molar-refractivity contribution in [3.05, 3.63) is 35.1 Å². The highest BCUT2D eigenvalue weighted by Gasteiger charge is 2.29. The minimum Gasteiger partial charge on any atom is -0.481 e. The van der Waals surface area contributed by atoms with Gasteiger partial charge in [0, 0.05) is 51.8 Å². The Morgan fingerprint density at radius 2 is 1.82 bits per heavy atom. The first-order chi connectivity index (χ1) is 15.9. The van der Waals surface area contributed by atoms with E-state index in [1.54, 1.807) is 0 Å². The third-order valence-corrected chi connectivity index (χ3v) is 6.32. The molecule has 2 aliphatic heterocycles. The minimum atomic E-state index is -0.833. The molecular formula is C23H30ClN7O2. The summed E-state index contributed by atoms with van der Waals surface area (Å²) >= 11 is 6.56. The van der Waals surface area contributed by atoms with E-state index in [2.05, 4.69) is 26.6 Å². The number of fused-ring (bicyclic) bond motifs is 1. The first-order valence-electron chi connectivity index (χ1n) is 11.3. The number of carboxylic acids is 1. The van der Waals surface area contributed by atoms with Gasteiger partial charge in [0.15, 0.2) is 17.0 Å². The molecule has 1 aromatic carbocycles. The topological polar surface area (TPSA) is 99.4 Å². The average molecular weight is 472 g/mol. The van der Waals surface area contributed by atoms with E-state index in [9.17, 15) is 0 Å². The minimum absolute atomic E-state index is 0.324. The molecule has 0 amide bonds. The summed E-state index contributed by atoms with van der Waals surface area (Å²) < 4.78 is 2.26. The van der Waals surface area contributed by atoms with Crippen molar-refractivity contribution < 1.29 is 9.90 Å². The van der Waals surface area contributed by atoms with Gasteiger partial charge in [-0.25, -0.2) is 15.0 Å². The van der Waals surface area contributed by atoms with Crippen LogP contribution in [0.2, 0.25) is 5.02 Å². The van der Waals surface area contributed by atoms with Crippen LogP contribution in [0.15, 0.2) is 24.3 Å². The summed E-state index contributed by atoms with van der Waals surface area (Å²) in [5.74, 6) is 1.78. The van der Waals surface area contributed by atoms with E-state index in [0.29, 0.717) is 11.1 Å². The maximum Gasteiger partial charge on any atom is 0.300 e. The van der Waals surface area contributed by atoms with Crippen LogP contribution in [-0.2, 0) is 4.79 Å². The number of anilines is 1. The number of benzene rings is 1. The molecule has 0 saturated carbocycles. The van der Waals surface area contributed by atoms with Gasteiger partial charge >= 0.3 is 0 Å². The number of hydrogen-bond acceptors (Lipinski definition) is 7. The summed E-state index contributed by atoms with van der Waals surface area (Å²) in [5.41, 5.74) is 2.73. The molecule has 2 aliphatic rings. The Morgan fingerprint density at radius 1 is 1.15 bits per heavy atom. The lowest BCUT2D eigenvalue weighted by molar-refractivity contribution is -0.134. The summed E-state index contributed by atoms with van der Waals surface area (Å²) in [6.45, 7) is 12.2. The van der Waals surface area contributed by atoms with Crippen LogP contribution >= 0.6 is 11.6 Å². The highest BCUT2D eigenvalue weighted by atomic mass is 35.5. The lowest BCUT2D eigenvalue weighted by Crippen LogP contribution is -2.46. The SMILES string of the molecule is CC(=O)O.CCN1CCN(c2nc(C)nc3c2nc(-c2ccccc2Cl)n3C2CNC2)CC1. The number of rotatable bonds is 4. The van der Waals surface area contributed by atoms with Crippen molar-refractivity contribution in [2.45, 2.75) is 26.8 Å². The molecule has 0 radical (unpaired) electrons. The number of nitrogens with zero attached hydrogens (tertiary/aromatic N) is 6. The number of piperazine rings is 1. The second-order valence-electron chi connectivity index (χ2n) is 8.30. The zero-order valence-electron chi connectivity index (χ0n) is 19.3. The maximum atomic E-state index is 9.00. The molecule has 5 rings (SSSR count). The number of imidazole rings is 1. The second-order valence-corrected chi connectivity index (χ2v) is 8.71. The number of aliphatic carboxylic acids is 1. The maximum absolute atomic E-state index is 9.00. The Morgan fingerprint density at radius 3 is 2.39 bits per heavy atom. The molecule has 10 heteroatoms. The number of nitrogens with one attached hydrogen (secondary N) is 1. The largest absolute Gasteiger partial charge is 0.481 e. The van der Waals surface area contributed by atoms with Gasteiger partial charge in [0.25, 0.3) is 5.97 Å². The van der Waals surface area contributed by atoms with Gasteiger partial charge in [0.05, 0.1) is 11.1 Å². The van der Waals surface area contributed by atoms with E-state index in [1.165, 1.54) is 0 Å². The van der Waals surface area contributed by atoms with Crippen LogP contribution in [0, 0.1) is 6.92 Å². The molecule has 9 nitrogen and oxygen atoms in total. The van der Waals surface area contributed by atoms with Gasteiger partial charge in [-0.2, -0.15) is 0 Å². The van der Waals surface area contributed by atoms with Crippen molar-refractivity contribution in [1.29, 1.82) is 0 Å². The van der Waals surface area contributed by atoms with Gasteiger partial charge in [-0.1, -0.05) is 30.7 Å². The molecule has 4 heterocycles. The lowest BCUT2D eigenvalue weighted by atomic mass is 10.1. The Hall–Kier alpha value is -2.75. The van der Waals surface area contributed by atoms with Crippen molar-refractivity contribution in [3.8, 4) is 11.4 Å². The van der Waals surface area contributed by atoms with E-state index >= 15 is 0 Å². The summed E-state index contributed by atoms with van der Waals surface area (Å²) in [5, 5.41) is 11.5. The first kappa shape index (κ1) is 23.4. The second kappa shape index (κ2) is 10.0. The zero-order valence-corrected chi connectivity index (χ0v) is 20.0. The summed E-state index contributed by atoms with van der Waals surface area (Å²) in [4.78, 5) is 28.5. The van der Waals surface area contributed by atoms with Crippen molar-refractivity contribution >= 4 is 34.6 Å². The van der Waals surface area contributed by atoms with Crippen LogP contribution in [0.1, 0.15) is 25.7 Å². The standard InChI is InChI=1S/C21H26ClN7.C2H4O2/c1-3-27-8-10-28(11-9-27)20-18-21(25-14(2)24-20)29(15-12-23-13-15)19(26-18)16-6-4-5-7-17(16)22;1-2(3)4/h4-7,15,23H,3,8-13H2,1-2H3;1H3,(H,3,4). The summed E-state index contributed by atoms with van der Waals surface area (Å²) in [7, 11) is 0. The third kappa shape index (κ3) is 4.95. The number of likely N-dealkylation sites (N-methyl/N-ethyl adjacent to an activating group) is 1. The van der Waals surface area contributed by atoms with Crippen molar-refractivity contribution in [3.63, 3.8) is 0 Å². The van der Waals surface area contributed by atoms with Gasteiger partial charge in [0.1, 0.15) is 11.6 Å². The molecule has 33 heavy (non-hydrogen) atoms. The normalized spacial score (nSPS) is 16.9. The van der Waals surface area contributed by atoms with E-state index in [4.69, 9.17) is 36.5 Å². The fourth-order valence-electron chi connectivity index (χ4n) is 4.20. The molecule has 2 N–H and O–H groups in total. The number of halogens is 1. The number of hydrogen-bond donors (Lipinski definition) is 2. The molecule has 176 valence electrons. The van der Waals surface area contributed by atoms with Gasteiger partial charge in [0.2, 0.25) is 0 Å². The predicted octanol–water partition coefficient (Wildman–Crippen LogP) is 2.83. The quantitative estimate of drug-likeness (QED) is 0.599. The fraction of sp³-hybridized carbons (Fsp3) is 0.478. The fourth-order valence-corrected chi connectivity index (χ4v) is 4.42. The smallest absolute Gasteiger partial charge is 0.300 e. The van der Waals surface area contributed by atoms with Gasteiger partial charge in [-0.05, 0) is 25.6 Å². The molecule has 0 atom stereocenters. The Labute approximate surface area is 198 Å². The van der Waals surface area contributed by atoms with E-state index in [1.807, 2.05) is 31.2 Å². The lowest BCUT2D eigenvalue weighted by Gasteiger charge is -2.35. The monoisotopic (exact) mass is 471 g/mol. The molecule has 0 unspecified atom stereocenters. The number of aromatic nitrogens is 4. The number of carboxylic acid groups (broad SMARTS) is 1. The van der Waals surface area contributed by atoms with Crippen LogP contribution in [0.4, 0.5) is 5.82 Å². The Balaban J connectivity index is 0.000000601. The zero-order chi connectivity index (χ0) is 23.5. The van der Waals surface area contributed by atoms with Gasteiger partial charge in [-0.15, -0.1) is 0 Å². The highest BCUT2D eigenvalue weighted by Crippen LogP contribution is 2.35. The molecule has 2 aromatic heterocycles. The van der Waals surface area contributed by atoms with E-state index < -0.39 is 5.97 Å². The highest BCUT2D eigenvalue weighted by molar-refractivity contribution is 6.33. The van der Waals surface area contributed by atoms with Crippen LogP contribution in [0.5, 0.6) is 0 Å². The third-order valence-electron chi connectivity index (χ3n) is 5.99. The molecule has 0 spiro atoms. The van der Waals surface area contributed by atoms with Crippen molar-refractivity contribution in [2.24, 2.45) is 0 Å². The molecule has 2 fully saturated rings. The molecule has 0 aliphatic carbocycles. The Kier molecular flexibility index (Phi) is 7.11. The van der Waals surface area contributed by atoms with E-state index in [-0.39, 0.29) is 0 Å². The molecule has 3 aromatic rings. The van der Waals surface area contributed by atoms with Crippen molar-refractivity contribution in [2.75, 3.05) is 50.7 Å². The molecule has 0 bridgehead atoms. The molecular weight excluding hydrogens is 442 g/mol. The summed E-state index contributed by atoms with van der Waals surface area (Å²) in [6, 6.07) is 8.23. The Bertz CT molecular complexity index is 1130.